The monoisotopic (exact) mass is 270 g/mol. The molecule has 0 aliphatic rings. The van der Waals surface area contributed by atoms with Crippen LogP contribution in [0.3, 0.4) is 0 Å². The van der Waals surface area contributed by atoms with Gasteiger partial charge in [-0.25, -0.2) is 4.39 Å². The minimum atomic E-state index is -0.237. The predicted molar refractivity (Wildman–Crippen MR) is 74.9 cm³/mol. The first-order valence-corrected chi connectivity index (χ1v) is 6.42. The highest BCUT2D eigenvalue weighted by atomic mass is 19.1. The van der Waals surface area contributed by atoms with E-state index >= 15 is 0 Å². The maximum Gasteiger partial charge on any atom is 0.129 e. The van der Waals surface area contributed by atoms with Crippen molar-refractivity contribution in [1.82, 2.24) is 5.32 Å². The Morgan fingerprint density at radius 2 is 2.21 bits per heavy atom. The maximum atomic E-state index is 13.9. The molecule has 0 bridgehead atoms. The van der Waals surface area contributed by atoms with Crippen molar-refractivity contribution in [2.45, 2.75) is 19.5 Å². The van der Waals surface area contributed by atoms with Crippen molar-refractivity contribution in [2.75, 3.05) is 38.8 Å². The molecule has 108 valence electrons. The zero-order chi connectivity index (χ0) is 14.3. The zero-order valence-corrected chi connectivity index (χ0v) is 11.8. The van der Waals surface area contributed by atoms with Gasteiger partial charge in [0, 0.05) is 44.5 Å². The van der Waals surface area contributed by atoms with Gasteiger partial charge < -0.3 is 20.1 Å². The molecule has 1 aromatic carbocycles. The molecule has 0 spiro atoms. The molecule has 2 N–H and O–H groups in total. The Hall–Kier alpha value is -1.17. The summed E-state index contributed by atoms with van der Waals surface area (Å²) < 4.78 is 18.9. The number of hydrogen-bond donors (Lipinski definition) is 2. The Balaban J connectivity index is 2.82. The molecule has 0 heterocycles. The van der Waals surface area contributed by atoms with Gasteiger partial charge in [-0.2, -0.15) is 0 Å². The van der Waals surface area contributed by atoms with E-state index in [2.05, 4.69) is 5.32 Å². The van der Waals surface area contributed by atoms with Crippen LogP contribution < -0.4 is 10.2 Å². The third kappa shape index (κ3) is 4.45. The lowest BCUT2D eigenvalue weighted by molar-refractivity contribution is 0.199. The topological polar surface area (TPSA) is 44.7 Å². The van der Waals surface area contributed by atoms with Crippen LogP contribution in [-0.4, -0.2) is 45.1 Å². The molecule has 1 atom stereocenters. The third-order valence-corrected chi connectivity index (χ3v) is 3.18. The van der Waals surface area contributed by atoms with Crippen molar-refractivity contribution in [3.8, 4) is 0 Å². The number of rotatable bonds is 8. The van der Waals surface area contributed by atoms with Gasteiger partial charge in [0.25, 0.3) is 0 Å². The Morgan fingerprint density at radius 3 is 2.84 bits per heavy atom. The summed E-state index contributed by atoms with van der Waals surface area (Å²) >= 11 is 0. The first-order chi connectivity index (χ1) is 9.11. The smallest absolute Gasteiger partial charge is 0.129 e. The summed E-state index contributed by atoms with van der Waals surface area (Å²) in [5.74, 6) is -0.237. The van der Waals surface area contributed by atoms with E-state index in [1.54, 1.807) is 13.2 Å². The molecule has 0 fully saturated rings. The highest BCUT2D eigenvalue weighted by molar-refractivity contribution is 5.54. The van der Waals surface area contributed by atoms with Crippen molar-refractivity contribution in [3.05, 3.63) is 29.6 Å². The molecule has 19 heavy (non-hydrogen) atoms. The van der Waals surface area contributed by atoms with E-state index in [-0.39, 0.29) is 18.5 Å². The summed E-state index contributed by atoms with van der Waals surface area (Å²) in [6.45, 7) is 3.63. The third-order valence-electron chi connectivity index (χ3n) is 3.18. The van der Waals surface area contributed by atoms with Gasteiger partial charge in [0.05, 0.1) is 13.2 Å². The minimum absolute atomic E-state index is 0.0313. The van der Waals surface area contributed by atoms with E-state index in [4.69, 9.17) is 4.74 Å². The van der Waals surface area contributed by atoms with Gasteiger partial charge in [0.1, 0.15) is 5.82 Å². The van der Waals surface area contributed by atoms with Crippen LogP contribution in [0, 0.1) is 5.82 Å². The largest absolute Gasteiger partial charge is 0.394 e. The number of benzene rings is 1. The molecule has 4 nitrogen and oxygen atoms in total. The standard InChI is InChI=1S/C14H23FN2O2/c1-11(10-18)17(2)14-6-4-5-13(15)12(14)9-16-7-8-19-3/h4-6,11,16,18H,7-10H2,1-3H3. The van der Waals surface area contributed by atoms with E-state index in [1.807, 2.05) is 24.9 Å². The number of anilines is 1. The molecular weight excluding hydrogens is 247 g/mol. The average molecular weight is 270 g/mol. The van der Waals surface area contributed by atoms with Crippen LogP contribution in [0.2, 0.25) is 0 Å². The Morgan fingerprint density at radius 1 is 1.47 bits per heavy atom. The van der Waals surface area contributed by atoms with Crippen molar-refractivity contribution >= 4 is 5.69 Å². The number of aliphatic hydroxyl groups is 1. The fourth-order valence-corrected chi connectivity index (χ4v) is 1.80. The van der Waals surface area contributed by atoms with Gasteiger partial charge in [0.2, 0.25) is 0 Å². The van der Waals surface area contributed by atoms with Gasteiger partial charge in [-0.05, 0) is 19.1 Å². The molecule has 0 aliphatic carbocycles. The molecule has 5 heteroatoms. The molecule has 0 saturated carbocycles. The zero-order valence-electron chi connectivity index (χ0n) is 11.8. The normalized spacial score (nSPS) is 12.5. The van der Waals surface area contributed by atoms with Gasteiger partial charge in [-0.3, -0.25) is 0 Å². The minimum Gasteiger partial charge on any atom is -0.394 e. The summed E-state index contributed by atoms with van der Waals surface area (Å²) in [5, 5.41) is 12.3. The van der Waals surface area contributed by atoms with Crippen LogP contribution in [0.25, 0.3) is 0 Å². The van der Waals surface area contributed by atoms with Gasteiger partial charge in [-0.1, -0.05) is 6.07 Å². The second-order valence-electron chi connectivity index (χ2n) is 4.55. The molecule has 0 amide bonds. The van der Waals surface area contributed by atoms with Crippen molar-refractivity contribution in [3.63, 3.8) is 0 Å². The molecule has 1 aromatic rings. The number of halogens is 1. The van der Waals surface area contributed by atoms with Crippen LogP contribution in [-0.2, 0) is 11.3 Å². The number of methoxy groups -OCH3 is 1. The fourth-order valence-electron chi connectivity index (χ4n) is 1.80. The summed E-state index contributed by atoms with van der Waals surface area (Å²) in [6, 6.07) is 4.94. The highest BCUT2D eigenvalue weighted by Crippen LogP contribution is 2.23. The van der Waals surface area contributed by atoms with Crippen LogP contribution in [0.15, 0.2) is 18.2 Å². The van der Waals surface area contributed by atoms with Gasteiger partial charge in [0.15, 0.2) is 0 Å². The molecule has 0 saturated heterocycles. The number of likely N-dealkylation sites (N-methyl/N-ethyl adjacent to an activating group) is 1. The number of nitrogens with one attached hydrogen (secondary N) is 1. The molecule has 0 radical (unpaired) electrons. The Labute approximate surface area is 114 Å². The molecule has 1 rings (SSSR count). The maximum absolute atomic E-state index is 13.9. The summed E-state index contributed by atoms with van der Waals surface area (Å²) in [7, 11) is 3.49. The van der Waals surface area contributed by atoms with Crippen LogP contribution in [0.5, 0.6) is 0 Å². The summed E-state index contributed by atoms with van der Waals surface area (Å²) in [4.78, 5) is 1.89. The summed E-state index contributed by atoms with van der Waals surface area (Å²) in [6.07, 6.45) is 0. The predicted octanol–water partition coefficient (Wildman–Crippen LogP) is 1.38. The van der Waals surface area contributed by atoms with Crippen molar-refractivity contribution in [1.29, 1.82) is 0 Å². The fraction of sp³-hybridized carbons (Fsp3) is 0.571. The van der Waals surface area contributed by atoms with Crippen LogP contribution in [0.1, 0.15) is 12.5 Å². The Kier molecular flexibility index (Phi) is 6.77. The quantitative estimate of drug-likeness (QED) is 0.701. The van der Waals surface area contributed by atoms with E-state index < -0.39 is 0 Å². The van der Waals surface area contributed by atoms with Crippen molar-refractivity contribution < 1.29 is 14.2 Å². The molecular formula is C14H23FN2O2. The lowest BCUT2D eigenvalue weighted by atomic mass is 10.1. The second kappa shape index (κ2) is 8.09. The summed E-state index contributed by atoms with van der Waals surface area (Å²) in [5.41, 5.74) is 1.41. The first kappa shape index (κ1) is 15.9. The van der Waals surface area contributed by atoms with Crippen LogP contribution >= 0.6 is 0 Å². The number of nitrogens with zero attached hydrogens (tertiary/aromatic N) is 1. The van der Waals surface area contributed by atoms with Gasteiger partial charge >= 0.3 is 0 Å². The number of ether oxygens (including phenoxy) is 1. The molecule has 0 aromatic heterocycles. The second-order valence-corrected chi connectivity index (χ2v) is 4.55. The van der Waals surface area contributed by atoms with E-state index in [0.29, 0.717) is 25.3 Å². The lowest BCUT2D eigenvalue weighted by Gasteiger charge is -2.28. The molecule has 0 aliphatic heterocycles. The van der Waals surface area contributed by atoms with Crippen LogP contribution in [0.4, 0.5) is 10.1 Å². The van der Waals surface area contributed by atoms with Crippen molar-refractivity contribution in [2.24, 2.45) is 0 Å². The van der Waals surface area contributed by atoms with E-state index in [0.717, 1.165) is 5.69 Å². The highest BCUT2D eigenvalue weighted by Gasteiger charge is 2.15. The van der Waals surface area contributed by atoms with Gasteiger partial charge in [-0.15, -0.1) is 0 Å². The number of hydrogen-bond acceptors (Lipinski definition) is 4. The average Bonchev–Trinajstić information content (AvgIpc) is 2.43. The SMILES string of the molecule is COCCNCc1c(F)cccc1N(C)C(C)CO. The number of aliphatic hydroxyl groups excluding tert-OH is 1. The van der Waals surface area contributed by atoms with E-state index in [1.165, 1.54) is 6.07 Å². The Bertz CT molecular complexity index is 388. The first-order valence-electron chi connectivity index (χ1n) is 6.42. The lowest BCUT2D eigenvalue weighted by Crippen LogP contribution is -2.33. The molecule has 1 unspecified atom stereocenters. The van der Waals surface area contributed by atoms with E-state index in [9.17, 15) is 9.50 Å².